The fraction of sp³-hybridized carbons (Fsp3) is 0.550. The first-order chi connectivity index (χ1) is 13.2. The monoisotopic (exact) mass is 408 g/mol. The van der Waals surface area contributed by atoms with Crippen LogP contribution in [0.25, 0.3) is 0 Å². The summed E-state index contributed by atoms with van der Waals surface area (Å²) in [5.74, 6) is 0.138. The minimum atomic E-state index is -3.66. The normalized spacial score (nSPS) is 17.4. The van der Waals surface area contributed by atoms with E-state index in [9.17, 15) is 13.2 Å². The van der Waals surface area contributed by atoms with Gasteiger partial charge in [0, 0.05) is 50.9 Å². The predicted molar refractivity (Wildman–Crippen MR) is 112 cm³/mol. The lowest BCUT2D eigenvalue weighted by Crippen LogP contribution is -2.54. The van der Waals surface area contributed by atoms with Crippen LogP contribution in [0.2, 0.25) is 0 Å². The molecule has 0 spiro atoms. The number of hydrogen-bond acceptors (Lipinski definition) is 5. The van der Waals surface area contributed by atoms with Gasteiger partial charge in [-0.2, -0.15) is 0 Å². The molecular formula is C20H32N4O3S. The molecule has 0 aromatic heterocycles. The van der Waals surface area contributed by atoms with Gasteiger partial charge in [-0.05, 0) is 31.2 Å². The molecule has 1 heterocycles. The lowest BCUT2D eigenvalue weighted by Gasteiger charge is -2.39. The maximum Gasteiger partial charge on any atom is 0.251 e. The summed E-state index contributed by atoms with van der Waals surface area (Å²) in [6, 6.07) is 6.34. The third-order valence-electron chi connectivity index (χ3n) is 5.07. The highest BCUT2D eigenvalue weighted by Gasteiger charge is 2.25. The van der Waals surface area contributed by atoms with Gasteiger partial charge in [-0.15, -0.1) is 6.58 Å². The van der Waals surface area contributed by atoms with E-state index in [1.165, 1.54) is 18.2 Å². The van der Waals surface area contributed by atoms with Crippen LogP contribution >= 0.6 is 0 Å². The van der Waals surface area contributed by atoms with Gasteiger partial charge in [0.25, 0.3) is 5.91 Å². The van der Waals surface area contributed by atoms with Crippen molar-refractivity contribution < 1.29 is 13.2 Å². The van der Waals surface area contributed by atoms with Gasteiger partial charge in [0.15, 0.2) is 0 Å². The molecule has 1 atom stereocenters. The second-order valence-corrected chi connectivity index (χ2v) is 9.30. The highest BCUT2D eigenvalue weighted by Crippen LogP contribution is 2.14. The van der Waals surface area contributed by atoms with Gasteiger partial charge in [0.05, 0.1) is 4.90 Å². The Morgan fingerprint density at radius 3 is 2.54 bits per heavy atom. The Kier molecular flexibility index (Phi) is 8.18. The van der Waals surface area contributed by atoms with Crippen LogP contribution in [0.1, 0.15) is 24.2 Å². The number of likely N-dealkylation sites (N-methyl/N-ethyl adjacent to an activating group) is 1. The van der Waals surface area contributed by atoms with Gasteiger partial charge in [-0.1, -0.05) is 26.0 Å². The Labute approximate surface area is 168 Å². The Morgan fingerprint density at radius 1 is 1.25 bits per heavy atom. The minimum Gasteiger partial charge on any atom is -0.350 e. The van der Waals surface area contributed by atoms with E-state index in [0.29, 0.717) is 18.0 Å². The number of nitrogens with zero attached hydrogens (tertiary/aromatic N) is 2. The zero-order valence-electron chi connectivity index (χ0n) is 17.0. The van der Waals surface area contributed by atoms with Crippen molar-refractivity contribution in [3.63, 3.8) is 0 Å². The fourth-order valence-corrected chi connectivity index (χ4v) is 4.34. The molecule has 1 aromatic carbocycles. The summed E-state index contributed by atoms with van der Waals surface area (Å²) in [4.78, 5) is 17.4. The second-order valence-electron chi connectivity index (χ2n) is 7.53. The van der Waals surface area contributed by atoms with Crippen molar-refractivity contribution in [2.24, 2.45) is 5.92 Å². The van der Waals surface area contributed by atoms with Crippen molar-refractivity contribution in [1.82, 2.24) is 19.8 Å². The average molecular weight is 409 g/mol. The summed E-state index contributed by atoms with van der Waals surface area (Å²) >= 11 is 0. The molecule has 0 saturated carbocycles. The number of carbonyl (C=O) groups excluding carboxylic acids is 1. The number of hydrogen-bond donors (Lipinski definition) is 2. The first kappa shape index (κ1) is 22.5. The van der Waals surface area contributed by atoms with E-state index in [2.05, 4.69) is 47.3 Å². The molecule has 1 aliphatic rings. The SMILES string of the molecule is C=CCNS(=O)(=O)c1cccc(C(=O)NCC(C(C)C)N2CCN(C)CC2)c1. The van der Waals surface area contributed by atoms with Crippen LogP contribution in [-0.2, 0) is 10.0 Å². The maximum absolute atomic E-state index is 12.6. The number of amides is 1. The molecule has 0 aliphatic carbocycles. The van der Waals surface area contributed by atoms with Crippen LogP contribution in [0.5, 0.6) is 0 Å². The van der Waals surface area contributed by atoms with Gasteiger partial charge in [0.1, 0.15) is 0 Å². The third kappa shape index (κ3) is 6.13. The third-order valence-corrected chi connectivity index (χ3v) is 6.49. The van der Waals surface area contributed by atoms with Gasteiger partial charge in [-0.3, -0.25) is 9.69 Å². The molecule has 156 valence electrons. The molecule has 1 aliphatic heterocycles. The number of rotatable bonds is 9. The average Bonchev–Trinajstić information content (AvgIpc) is 2.67. The van der Waals surface area contributed by atoms with Crippen LogP contribution < -0.4 is 10.0 Å². The van der Waals surface area contributed by atoms with Crippen LogP contribution in [-0.4, -0.2) is 76.5 Å². The molecule has 1 amide bonds. The summed E-state index contributed by atoms with van der Waals surface area (Å²) in [5.41, 5.74) is 0.336. The maximum atomic E-state index is 12.6. The van der Waals surface area contributed by atoms with Crippen LogP contribution in [0, 0.1) is 5.92 Å². The van der Waals surface area contributed by atoms with E-state index in [1.807, 2.05) is 0 Å². The Bertz CT molecular complexity index is 771. The lowest BCUT2D eigenvalue weighted by atomic mass is 10.0. The predicted octanol–water partition coefficient (Wildman–Crippen LogP) is 1.15. The molecule has 28 heavy (non-hydrogen) atoms. The summed E-state index contributed by atoms with van der Waals surface area (Å²) in [6.45, 7) is 12.5. The second kappa shape index (κ2) is 10.2. The van der Waals surface area contributed by atoms with E-state index in [1.54, 1.807) is 12.1 Å². The standard InChI is InChI=1S/C20H32N4O3S/c1-5-9-22-28(26,27)18-8-6-7-17(14-18)20(25)21-15-19(16(2)3)24-12-10-23(4)11-13-24/h5-8,14,16,19,22H,1,9-13,15H2,2-4H3,(H,21,25). The van der Waals surface area contributed by atoms with Gasteiger partial charge >= 0.3 is 0 Å². The first-order valence-corrected chi connectivity index (χ1v) is 11.1. The number of sulfonamides is 1. The van der Waals surface area contributed by atoms with Crippen molar-refractivity contribution in [3.05, 3.63) is 42.5 Å². The van der Waals surface area contributed by atoms with Crippen LogP contribution in [0.15, 0.2) is 41.8 Å². The van der Waals surface area contributed by atoms with Crippen LogP contribution in [0.3, 0.4) is 0 Å². The van der Waals surface area contributed by atoms with Gasteiger partial charge in [0.2, 0.25) is 10.0 Å². The molecule has 2 rings (SSSR count). The number of nitrogens with one attached hydrogen (secondary N) is 2. The molecule has 7 nitrogen and oxygen atoms in total. The number of carbonyl (C=O) groups is 1. The fourth-order valence-electron chi connectivity index (χ4n) is 3.30. The molecule has 0 radical (unpaired) electrons. The van der Waals surface area contributed by atoms with E-state index in [-0.39, 0.29) is 23.4 Å². The molecular weight excluding hydrogens is 376 g/mol. The quantitative estimate of drug-likeness (QED) is 0.599. The molecule has 1 saturated heterocycles. The Hall–Kier alpha value is -1.74. The summed E-state index contributed by atoms with van der Waals surface area (Å²) in [5, 5.41) is 2.99. The van der Waals surface area contributed by atoms with Crippen molar-refractivity contribution in [1.29, 1.82) is 0 Å². The highest BCUT2D eigenvalue weighted by atomic mass is 32.2. The summed E-state index contributed by atoms with van der Waals surface area (Å²) < 4.78 is 26.9. The molecule has 8 heteroatoms. The van der Waals surface area contributed by atoms with E-state index >= 15 is 0 Å². The summed E-state index contributed by atoms with van der Waals surface area (Å²) in [6.07, 6.45) is 1.47. The van der Waals surface area contributed by atoms with Gasteiger partial charge in [-0.25, -0.2) is 13.1 Å². The van der Waals surface area contributed by atoms with Crippen molar-refractivity contribution >= 4 is 15.9 Å². The minimum absolute atomic E-state index is 0.0708. The Balaban J connectivity index is 2.03. The van der Waals surface area contributed by atoms with Crippen molar-refractivity contribution in [3.8, 4) is 0 Å². The van der Waals surface area contributed by atoms with E-state index in [0.717, 1.165) is 26.2 Å². The molecule has 1 aromatic rings. The van der Waals surface area contributed by atoms with Crippen molar-refractivity contribution in [2.45, 2.75) is 24.8 Å². The first-order valence-electron chi connectivity index (χ1n) is 9.66. The number of piperazine rings is 1. The molecule has 1 fully saturated rings. The van der Waals surface area contributed by atoms with E-state index in [4.69, 9.17) is 0 Å². The zero-order chi connectivity index (χ0) is 20.7. The van der Waals surface area contributed by atoms with E-state index < -0.39 is 10.0 Å². The number of benzene rings is 1. The zero-order valence-corrected chi connectivity index (χ0v) is 17.8. The largest absolute Gasteiger partial charge is 0.350 e. The smallest absolute Gasteiger partial charge is 0.251 e. The topological polar surface area (TPSA) is 81.7 Å². The molecule has 1 unspecified atom stereocenters. The van der Waals surface area contributed by atoms with Gasteiger partial charge < -0.3 is 10.2 Å². The Morgan fingerprint density at radius 2 is 1.93 bits per heavy atom. The molecule has 2 N–H and O–H groups in total. The lowest BCUT2D eigenvalue weighted by molar-refractivity contribution is 0.0791. The van der Waals surface area contributed by atoms with Crippen molar-refractivity contribution in [2.75, 3.05) is 46.3 Å². The molecule has 0 bridgehead atoms. The summed E-state index contributed by atoms with van der Waals surface area (Å²) in [7, 11) is -1.54. The van der Waals surface area contributed by atoms with Crippen LogP contribution in [0.4, 0.5) is 0 Å². The highest BCUT2D eigenvalue weighted by molar-refractivity contribution is 7.89.